The van der Waals surface area contributed by atoms with E-state index >= 15 is 0 Å². The van der Waals surface area contributed by atoms with E-state index in [4.69, 9.17) is 0 Å². The minimum absolute atomic E-state index is 0.0630. The van der Waals surface area contributed by atoms with Crippen LogP contribution in [0, 0.1) is 11.7 Å². The number of Topliss-reactive ketones (excluding diaryl/α,β-unsaturated/α-hetero) is 1. The summed E-state index contributed by atoms with van der Waals surface area (Å²) in [5, 5.41) is 9.66. The van der Waals surface area contributed by atoms with Crippen LogP contribution in [0.5, 0.6) is 5.75 Å². The Bertz CT molecular complexity index is 444. The molecule has 3 nitrogen and oxygen atoms in total. The van der Waals surface area contributed by atoms with Crippen molar-refractivity contribution in [2.24, 2.45) is 5.92 Å². The van der Waals surface area contributed by atoms with Gasteiger partial charge in [-0.3, -0.25) is 9.69 Å². The highest BCUT2D eigenvalue weighted by Crippen LogP contribution is 2.19. The molecule has 4 heteroatoms. The third-order valence-electron chi connectivity index (χ3n) is 3.74. The first kappa shape index (κ1) is 16.6. The second-order valence-electron chi connectivity index (χ2n) is 5.09. The average molecular weight is 281 g/mol. The molecule has 112 valence electrons. The predicted octanol–water partition coefficient (Wildman–Crippen LogP) is 3.47. The standard InChI is InChI=1S/C16H24FNO2/c1-4-12(5-2)10-18(6-3)11-16(20)14-9-13(17)7-8-15(14)19/h7-9,12,19H,4-6,10-11H2,1-3H3. The van der Waals surface area contributed by atoms with E-state index in [9.17, 15) is 14.3 Å². The summed E-state index contributed by atoms with van der Waals surface area (Å²) in [6, 6.07) is 3.47. The van der Waals surface area contributed by atoms with Crippen LogP contribution in [0.4, 0.5) is 4.39 Å². The molecule has 0 fully saturated rings. The molecule has 0 heterocycles. The highest BCUT2D eigenvalue weighted by atomic mass is 19.1. The van der Waals surface area contributed by atoms with E-state index in [-0.39, 0.29) is 23.6 Å². The molecule has 0 spiro atoms. The highest BCUT2D eigenvalue weighted by molar-refractivity contribution is 6.00. The number of rotatable bonds is 8. The minimum Gasteiger partial charge on any atom is -0.507 e. The molecule has 0 aliphatic carbocycles. The summed E-state index contributed by atoms with van der Waals surface area (Å²) in [7, 11) is 0. The van der Waals surface area contributed by atoms with Crippen LogP contribution in [0.2, 0.25) is 0 Å². The van der Waals surface area contributed by atoms with Gasteiger partial charge in [-0.1, -0.05) is 33.6 Å². The van der Waals surface area contributed by atoms with Gasteiger partial charge in [0.25, 0.3) is 0 Å². The summed E-state index contributed by atoms with van der Waals surface area (Å²) in [5.74, 6) is -0.345. The molecule has 1 aromatic carbocycles. The van der Waals surface area contributed by atoms with Gasteiger partial charge in [0.2, 0.25) is 0 Å². The smallest absolute Gasteiger partial charge is 0.180 e. The summed E-state index contributed by atoms with van der Waals surface area (Å²) >= 11 is 0. The van der Waals surface area contributed by atoms with Crippen LogP contribution in [0.15, 0.2) is 18.2 Å². The van der Waals surface area contributed by atoms with Gasteiger partial charge < -0.3 is 5.11 Å². The first-order chi connectivity index (χ1) is 9.51. The molecule has 0 aliphatic heterocycles. The van der Waals surface area contributed by atoms with Gasteiger partial charge in [-0.25, -0.2) is 4.39 Å². The number of ketones is 1. The Labute approximate surface area is 120 Å². The topological polar surface area (TPSA) is 40.5 Å². The molecule has 0 unspecified atom stereocenters. The number of nitrogens with zero attached hydrogens (tertiary/aromatic N) is 1. The Morgan fingerprint density at radius 2 is 1.95 bits per heavy atom. The lowest BCUT2D eigenvalue weighted by Crippen LogP contribution is -2.34. The van der Waals surface area contributed by atoms with E-state index in [0.717, 1.165) is 38.1 Å². The summed E-state index contributed by atoms with van der Waals surface area (Å²) in [4.78, 5) is 14.2. The van der Waals surface area contributed by atoms with Gasteiger partial charge in [-0.05, 0) is 30.7 Å². The van der Waals surface area contributed by atoms with Crippen LogP contribution < -0.4 is 0 Å². The van der Waals surface area contributed by atoms with Crippen LogP contribution >= 0.6 is 0 Å². The molecular formula is C16H24FNO2. The SMILES string of the molecule is CCC(CC)CN(CC)CC(=O)c1cc(F)ccc1O. The molecule has 0 amide bonds. The molecule has 20 heavy (non-hydrogen) atoms. The van der Waals surface area contributed by atoms with Gasteiger partial charge >= 0.3 is 0 Å². The van der Waals surface area contributed by atoms with Crippen LogP contribution in [-0.4, -0.2) is 35.4 Å². The van der Waals surface area contributed by atoms with Crippen molar-refractivity contribution in [2.75, 3.05) is 19.6 Å². The summed E-state index contributed by atoms with van der Waals surface area (Å²) in [6.07, 6.45) is 2.15. The average Bonchev–Trinajstić information content (AvgIpc) is 2.45. The Balaban J connectivity index is 2.74. The van der Waals surface area contributed by atoms with Crippen molar-refractivity contribution in [1.82, 2.24) is 4.90 Å². The Morgan fingerprint density at radius 3 is 2.50 bits per heavy atom. The minimum atomic E-state index is -0.505. The Hall–Kier alpha value is -1.42. The monoisotopic (exact) mass is 281 g/mol. The molecule has 0 atom stereocenters. The van der Waals surface area contributed by atoms with Crippen LogP contribution in [-0.2, 0) is 0 Å². The van der Waals surface area contributed by atoms with E-state index in [2.05, 4.69) is 13.8 Å². The zero-order valence-corrected chi connectivity index (χ0v) is 12.5. The number of halogens is 1. The highest BCUT2D eigenvalue weighted by Gasteiger charge is 2.17. The van der Waals surface area contributed by atoms with E-state index < -0.39 is 5.82 Å². The molecule has 0 aromatic heterocycles. The Morgan fingerprint density at radius 1 is 1.30 bits per heavy atom. The van der Waals surface area contributed by atoms with Crippen molar-refractivity contribution in [2.45, 2.75) is 33.6 Å². The van der Waals surface area contributed by atoms with Gasteiger partial charge in [0.1, 0.15) is 11.6 Å². The first-order valence-corrected chi connectivity index (χ1v) is 7.25. The van der Waals surface area contributed by atoms with Crippen LogP contribution in [0.25, 0.3) is 0 Å². The fourth-order valence-corrected chi connectivity index (χ4v) is 2.24. The van der Waals surface area contributed by atoms with E-state index in [1.165, 1.54) is 6.07 Å². The molecule has 0 aliphatic rings. The summed E-state index contributed by atoms with van der Waals surface area (Å²) in [6.45, 7) is 8.11. The lowest BCUT2D eigenvalue weighted by molar-refractivity contribution is 0.0917. The van der Waals surface area contributed by atoms with E-state index in [0.29, 0.717) is 5.92 Å². The largest absolute Gasteiger partial charge is 0.507 e. The number of phenols is 1. The van der Waals surface area contributed by atoms with E-state index in [1.54, 1.807) is 0 Å². The van der Waals surface area contributed by atoms with Gasteiger partial charge in [-0.2, -0.15) is 0 Å². The number of hydrogen-bond donors (Lipinski definition) is 1. The van der Waals surface area contributed by atoms with Gasteiger partial charge in [0, 0.05) is 6.54 Å². The summed E-state index contributed by atoms with van der Waals surface area (Å²) in [5.41, 5.74) is 0.0630. The molecule has 1 aromatic rings. The van der Waals surface area contributed by atoms with Crippen molar-refractivity contribution < 1.29 is 14.3 Å². The van der Waals surface area contributed by atoms with Crippen molar-refractivity contribution in [1.29, 1.82) is 0 Å². The third kappa shape index (κ3) is 4.60. The Kier molecular flexibility index (Phi) is 6.65. The lowest BCUT2D eigenvalue weighted by Gasteiger charge is -2.24. The molecule has 1 N–H and O–H groups in total. The number of likely N-dealkylation sites (N-methyl/N-ethyl adjacent to an activating group) is 1. The normalized spacial score (nSPS) is 11.3. The van der Waals surface area contributed by atoms with Crippen molar-refractivity contribution in [3.05, 3.63) is 29.6 Å². The number of carbonyl (C=O) groups excluding carboxylic acids is 1. The zero-order valence-electron chi connectivity index (χ0n) is 12.5. The van der Waals surface area contributed by atoms with Crippen LogP contribution in [0.1, 0.15) is 44.0 Å². The number of carbonyl (C=O) groups is 1. The van der Waals surface area contributed by atoms with E-state index in [1.807, 2.05) is 11.8 Å². The molecule has 1 rings (SSSR count). The fourth-order valence-electron chi connectivity index (χ4n) is 2.24. The molecule has 0 saturated carbocycles. The number of phenolic OH excluding ortho intramolecular Hbond substituents is 1. The van der Waals surface area contributed by atoms with Gasteiger partial charge in [0.15, 0.2) is 5.78 Å². The number of hydrogen-bond acceptors (Lipinski definition) is 3. The predicted molar refractivity (Wildman–Crippen MR) is 78.6 cm³/mol. The maximum absolute atomic E-state index is 13.2. The van der Waals surface area contributed by atoms with Crippen molar-refractivity contribution >= 4 is 5.78 Å². The molecule has 0 saturated heterocycles. The lowest BCUT2D eigenvalue weighted by atomic mass is 10.0. The first-order valence-electron chi connectivity index (χ1n) is 7.25. The number of benzene rings is 1. The second kappa shape index (κ2) is 8.00. The maximum Gasteiger partial charge on any atom is 0.180 e. The molecule has 0 radical (unpaired) electrons. The van der Waals surface area contributed by atoms with Crippen molar-refractivity contribution in [3.8, 4) is 5.75 Å². The fraction of sp³-hybridized carbons (Fsp3) is 0.562. The van der Waals surface area contributed by atoms with Gasteiger partial charge in [0.05, 0.1) is 12.1 Å². The molecular weight excluding hydrogens is 257 g/mol. The second-order valence-corrected chi connectivity index (χ2v) is 5.09. The molecule has 0 bridgehead atoms. The zero-order chi connectivity index (χ0) is 15.1. The quantitative estimate of drug-likeness (QED) is 0.742. The van der Waals surface area contributed by atoms with Crippen molar-refractivity contribution in [3.63, 3.8) is 0 Å². The van der Waals surface area contributed by atoms with Gasteiger partial charge in [-0.15, -0.1) is 0 Å². The summed E-state index contributed by atoms with van der Waals surface area (Å²) < 4.78 is 13.2. The maximum atomic E-state index is 13.2. The van der Waals surface area contributed by atoms with Crippen LogP contribution in [0.3, 0.4) is 0 Å². The third-order valence-corrected chi connectivity index (χ3v) is 3.74. The number of aromatic hydroxyl groups is 1.